The molecule has 0 fully saturated rings. The Morgan fingerprint density at radius 1 is 0.824 bits per heavy atom. The predicted octanol–water partition coefficient (Wildman–Crippen LogP) is 4.40. The second-order valence-corrected chi connectivity index (χ2v) is 10.3. The molecule has 172 valence electrons. The van der Waals surface area contributed by atoms with E-state index in [0.29, 0.717) is 22.3 Å². The molecule has 0 radical (unpaired) electrons. The van der Waals surface area contributed by atoms with Gasteiger partial charge in [-0.2, -0.15) is 0 Å². The van der Waals surface area contributed by atoms with Crippen molar-refractivity contribution in [3.63, 3.8) is 0 Å². The number of sulfone groups is 1. The molecule has 1 heterocycles. The normalized spacial score (nSPS) is 11.4. The van der Waals surface area contributed by atoms with Crippen LogP contribution in [0.3, 0.4) is 0 Å². The fourth-order valence-corrected chi connectivity index (χ4v) is 4.27. The lowest BCUT2D eigenvalue weighted by molar-refractivity contribution is 0.101. The lowest BCUT2D eigenvalue weighted by Gasteiger charge is -2.08. The van der Waals surface area contributed by atoms with Crippen LogP contribution in [0.5, 0.6) is 0 Å². The molecular formula is C25H21N3O5S. The Hall–Kier alpha value is -4.11. The summed E-state index contributed by atoms with van der Waals surface area (Å²) in [7, 11) is -3.47. The fraction of sp³-hybridized carbons (Fsp3) is 0.120. The predicted molar refractivity (Wildman–Crippen MR) is 126 cm³/mol. The number of benzene rings is 3. The van der Waals surface area contributed by atoms with Crippen molar-refractivity contribution in [1.29, 1.82) is 0 Å². The molecule has 0 aliphatic rings. The van der Waals surface area contributed by atoms with E-state index in [2.05, 4.69) is 15.5 Å². The minimum absolute atomic E-state index is 0.0694. The number of carbonyl (C=O) groups excluding carboxylic acids is 2. The van der Waals surface area contributed by atoms with Crippen molar-refractivity contribution in [2.75, 3.05) is 5.32 Å². The maximum Gasteiger partial charge on any atom is 0.322 e. The van der Waals surface area contributed by atoms with Gasteiger partial charge in [0.05, 0.1) is 10.1 Å². The van der Waals surface area contributed by atoms with Crippen LogP contribution in [0, 0.1) is 0 Å². The molecule has 0 unspecified atom stereocenters. The Morgan fingerprint density at radius 2 is 1.47 bits per heavy atom. The number of ketones is 1. The zero-order valence-electron chi connectivity index (χ0n) is 18.4. The van der Waals surface area contributed by atoms with Gasteiger partial charge < -0.3 is 4.42 Å². The second-order valence-electron chi connectivity index (χ2n) is 7.76. The Labute approximate surface area is 196 Å². The average molecular weight is 476 g/mol. The third-order valence-electron chi connectivity index (χ3n) is 5.12. The van der Waals surface area contributed by atoms with E-state index in [1.165, 1.54) is 24.3 Å². The molecule has 1 aromatic heterocycles. The van der Waals surface area contributed by atoms with Crippen molar-refractivity contribution < 1.29 is 22.4 Å². The number of nitrogens with one attached hydrogen (secondary N) is 1. The van der Waals surface area contributed by atoms with E-state index in [4.69, 9.17) is 4.42 Å². The first kappa shape index (κ1) is 23.1. The Kier molecular flexibility index (Phi) is 6.38. The van der Waals surface area contributed by atoms with E-state index in [-0.39, 0.29) is 22.6 Å². The molecule has 0 spiro atoms. The largest absolute Gasteiger partial charge is 0.403 e. The van der Waals surface area contributed by atoms with Gasteiger partial charge in [-0.1, -0.05) is 53.6 Å². The maximum absolute atomic E-state index is 12.6. The molecule has 1 N–H and O–H groups in total. The zero-order chi connectivity index (χ0) is 24.3. The summed E-state index contributed by atoms with van der Waals surface area (Å²) >= 11 is 0. The van der Waals surface area contributed by atoms with E-state index in [1.54, 1.807) is 62.4 Å². The van der Waals surface area contributed by atoms with Gasteiger partial charge in [0.1, 0.15) is 0 Å². The molecule has 3 aromatic carbocycles. The molecular weight excluding hydrogens is 454 g/mol. The number of anilines is 1. The molecule has 0 bridgehead atoms. The molecule has 0 saturated heterocycles. The second kappa shape index (κ2) is 9.40. The number of carbonyl (C=O) groups is 2. The molecule has 34 heavy (non-hydrogen) atoms. The van der Waals surface area contributed by atoms with Gasteiger partial charge in [0, 0.05) is 22.3 Å². The van der Waals surface area contributed by atoms with Gasteiger partial charge in [0.15, 0.2) is 15.6 Å². The summed E-state index contributed by atoms with van der Waals surface area (Å²) in [5.41, 5.74) is 1.73. The summed E-state index contributed by atoms with van der Waals surface area (Å²) in [6.45, 7) is 3.21. The summed E-state index contributed by atoms with van der Waals surface area (Å²) in [5, 5.41) is 9.65. The smallest absolute Gasteiger partial charge is 0.322 e. The van der Waals surface area contributed by atoms with Gasteiger partial charge in [0.25, 0.3) is 5.91 Å². The van der Waals surface area contributed by atoms with Gasteiger partial charge >= 0.3 is 6.01 Å². The van der Waals surface area contributed by atoms with Crippen LogP contribution in [0.4, 0.5) is 6.01 Å². The number of hydrogen-bond donors (Lipinski definition) is 1. The third-order valence-corrected chi connectivity index (χ3v) is 7.27. The standard InChI is InChI=1S/C25H21N3O5S/c1-16(2)34(31,32)21-10-6-9-20(15-21)24-27-28-25(33-24)26-23(30)19-13-11-18(12-14-19)22(29)17-7-4-3-5-8-17/h3-16H,1-2H3,(H,26,28,30). The number of hydrogen-bond acceptors (Lipinski definition) is 7. The summed E-state index contributed by atoms with van der Waals surface area (Å²) in [6.07, 6.45) is 0. The highest BCUT2D eigenvalue weighted by molar-refractivity contribution is 7.92. The summed E-state index contributed by atoms with van der Waals surface area (Å²) in [4.78, 5) is 25.2. The molecule has 0 aliphatic heterocycles. The van der Waals surface area contributed by atoms with Gasteiger partial charge in [-0.15, -0.1) is 5.10 Å². The van der Waals surface area contributed by atoms with Crippen LogP contribution in [0.15, 0.2) is 88.2 Å². The zero-order valence-corrected chi connectivity index (χ0v) is 19.2. The van der Waals surface area contributed by atoms with Crippen LogP contribution < -0.4 is 5.32 Å². The highest BCUT2D eigenvalue weighted by Crippen LogP contribution is 2.25. The summed E-state index contributed by atoms with van der Waals surface area (Å²) < 4.78 is 30.4. The number of aromatic nitrogens is 2. The van der Waals surface area contributed by atoms with Crippen molar-refractivity contribution in [3.05, 3.63) is 95.6 Å². The quantitative estimate of drug-likeness (QED) is 0.393. The highest BCUT2D eigenvalue weighted by atomic mass is 32.2. The molecule has 4 rings (SSSR count). The molecule has 8 nitrogen and oxygen atoms in total. The van der Waals surface area contributed by atoms with Crippen molar-refractivity contribution in [2.24, 2.45) is 0 Å². The Morgan fingerprint density at radius 3 is 2.15 bits per heavy atom. The Balaban J connectivity index is 1.47. The highest BCUT2D eigenvalue weighted by Gasteiger charge is 2.21. The van der Waals surface area contributed by atoms with Crippen LogP contribution in [0.1, 0.15) is 40.1 Å². The van der Waals surface area contributed by atoms with Crippen molar-refractivity contribution >= 4 is 27.5 Å². The van der Waals surface area contributed by atoms with Crippen LogP contribution >= 0.6 is 0 Å². The monoisotopic (exact) mass is 475 g/mol. The lowest BCUT2D eigenvalue weighted by Crippen LogP contribution is -2.13. The van der Waals surface area contributed by atoms with Crippen LogP contribution in [-0.2, 0) is 9.84 Å². The molecule has 0 aliphatic carbocycles. The number of rotatable bonds is 7. The molecule has 4 aromatic rings. The van der Waals surface area contributed by atoms with E-state index >= 15 is 0 Å². The van der Waals surface area contributed by atoms with Crippen LogP contribution in [0.2, 0.25) is 0 Å². The van der Waals surface area contributed by atoms with Gasteiger partial charge in [-0.25, -0.2) is 8.42 Å². The minimum atomic E-state index is -3.47. The summed E-state index contributed by atoms with van der Waals surface area (Å²) in [5.74, 6) is -0.569. The SMILES string of the molecule is CC(C)S(=O)(=O)c1cccc(-c2nnc(NC(=O)c3ccc(C(=O)c4ccccc4)cc3)o2)c1. The average Bonchev–Trinajstić information content (AvgIpc) is 3.32. The van der Waals surface area contributed by atoms with Crippen LogP contribution in [0.25, 0.3) is 11.5 Å². The van der Waals surface area contributed by atoms with Crippen molar-refractivity contribution in [1.82, 2.24) is 10.2 Å². The van der Waals surface area contributed by atoms with E-state index < -0.39 is 21.0 Å². The van der Waals surface area contributed by atoms with E-state index in [1.807, 2.05) is 6.07 Å². The fourth-order valence-electron chi connectivity index (χ4n) is 3.17. The van der Waals surface area contributed by atoms with Crippen molar-refractivity contribution in [3.8, 4) is 11.5 Å². The van der Waals surface area contributed by atoms with Crippen molar-refractivity contribution in [2.45, 2.75) is 24.0 Å². The maximum atomic E-state index is 12.6. The third kappa shape index (κ3) is 4.79. The number of nitrogens with zero attached hydrogens (tertiary/aromatic N) is 2. The van der Waals surface area contributed by atoms with Gasteiger partial charge in [-0.3, -0.25) is 14.9 Å². The van der Waals surface area contributed by atoms with Gasteiger partial charge in [0.2, 0.25) is 5.89 Å². The first-order chi connectivity index (χ1) is 16.3. The van der Waals surface area contributed by atoms with Gasteiger partial charge in [-0.05, 0) is 44.2 Å². The molecule has 1 amide bonds. The molecule has 0 atom stereocenters. The topological polar surface area (TPSA) is 119 Å². The first-order valence-corrected chi connectivity index (χ1v) is 12.0. The minimum Gasteiger partial charge on any atom is -0.403 e. The first-order valence-electron chi connectivity index (χ1n) is 10.4. The molecule has 0 saturated carbocycles. The Bertz CT molecular complexity index is 1440. The lowest BCUT2D eigenvalue weighted by atomic mass is 10.0. The van der Waals surface area contributed by atoms with E-state index in [9.17, 15) is 18.0 Å². The number of amides is 1. The summed E-state index contributed by atoms with van der Waals surface area (Å²) in [6, 6.07) is 21.1. The van der Waals surface area contributed by atoms with Crippen LogP contribution in [-0.4, -0.2) is 35.6 Å². The van der Waals surface area contributed by atoms with E-state index in [0.717, 1.165) is 0 Å². The molecule has 9 heteroatoms.